The van der Waals surface area contributed by atoms with Crippen LogP contribution in [0.1, 0.15) is 34.2 Å². The molecular formula is C15H13NO2. The summed E-state index contributed by atoms with van der Waals surface area (Å²) in [7, 11) is 0. The van der Waals surface area contributed by atoms with Gasteiger partial charge < -0.3 is 10.8 Å². The Morgan fingerprint density at radius 2 is 1.28 bits per heavy atom. The SMILES string of the molecule is NC1c2ccccc2C(C(=O)O)c2ccccc21. The van der Waals surface area contributed by atoms with Crippen molar-refractivity contribution in [1.82, 2.24) is 0 Å². The van der Waals surface area contributed by atoms with Crippen LogP contribution in [0.15, 0.2) is 48.5 Å². The van der Waals surface area contributed by atoms with Crippen molar-refractivity contribution >= 4 is 5.97 Å². The van der Waals surface area contributed by atoms with E-state index in [1.54, 1.807) is 0 Å². The zero-order chi connectivity index (χ0) is 12.7. The molecule has 0 spiro atoms. The lowest BCUT2D eigenvalue weighted by molar-refractivity contribution is -0.137. The molecular weight excluding hydrogens is 226 g/mol. The van der Waals surface area contributed by atoms with Crippen LogP contribution >= 0.6 is 0 Å². The van der Waals surface area contributed by atoms with Crippen LogP contribution in [0.3, 0.4) is 0 Å². The fraction of sp³-hybridized carbons (Fsp3) is 0.133. The first-order valence-electron chi connectivity index (χ1n) is 5.86. The van der Waals surface area contributed by atoms with Gasteiger partial charge in [0.05, 0.1) is 6.04 Å². The molecule has 0 atom stereocenters. The molecule has 3 heteroatoms. The normalized spacial score (nSPS) is 20.9. The number of carbonyl (C=O) groups is 1. The Bertz CT molecular complexity index is 574. The first-order valence-corrected chi connectivity index (χ1v) is 5.86. The van der Waals surface area contributed by atoms with E-state index < -0.39 is 11.9 Å². The molecule has 0 amide bonds. The number of hydrogen-bond donors (Lipinski definition) is 2. The minimum absolute atomic E-state index is 0.243. The Morgan fingerprint density at radius 1 is 0.889 bits per heavy atom. The van der Waals surface area contributed by atoms with E-state index in [4.69, 9.17) is 5.73 Å². The van der Waals surface area contributed by atoms with Crippen molar-refractivity contribution in [2.75, 3.05) is 0 Å². The summed E-state index contributed by atoms with van der Waals surface area (Å²) in [5.41, 5.74) is 9.64. The molecule has 2 aromatic rings. The summed E-state index contributed by atoms with van der Waals surface area (Å²) in [5, 5.41) is 9.48. The lowest BCUT2D eigenvalue weighted by Gasteiger charge is -2.30. The highest BCUT2D eigenvalue weighted by Gasteiger charge is 2.33. The van der Waals surface area contributed by atoms with Gasteiger partial charge in [-0.25, -0.2) is 0 Å². The number of aliphatic carboxylic acids is 1. The second kappa shape index (κ2) is 3.96. The van der Waals surface area contributed by atoms with Gasteiger partial charge in [0.15, 0.2) is 0 Å². The Balaban J connectivity index is 2.30. The molecule has 3 rings (SSSR count). The zero-order valence-corrected chi connectivity index (χ0v) is 9.71. The second-order valence-corrected chi connectivity index (χ2v) is 4.51. The summed E-state index contributed by atoms with van der Waals surface area (Å²) in [6.07, 6.45) is 0. The number of fused-ring (bicyclic) bond motifs is 2. The lowest BCUT2D eigenvalue weighted by atomic mass is 9.76. The van der Waals surface area contributed by atoms with Gasteiger partial charge in [-0.2, -0.15) is 0 Å². The van der Waals surface area contributed by atoms with Crippen LogP contribution in [0.25, 0.3) is 0 Å². The average molecular weight is 239 g/mol. The van der Waals surface area contributed by atoms with Gasteiger partial charge in [0.2, 0.25) is 0 Å². The van der Waals surface area contributed by atoms with E-state index in [-0.39, 0.29) is 6.04 Å². The predicted molar refractivity (Wildman–Crippen MR) is 68.4 cm³/mol. The summed E-state index contributed by atoms with van der Waals surface area (Å²) >= 11 is 0. The van der Waals surface area contributed by atoms with Gasteiger partial charge >= 0.3 is 5.97 Å². The van der Waals surface area contributed by atoms with E-state index in [0.29, 0.717) is 0 Å². The van der Waals surface area contributed by atoms with Crippen LogP contribution in [0.2, 0.25) is 0 Å². The Morgan fingerprint density at radius 3 is 1.67 bits per heavy atom. The predicted octanol–water partition coefficient (Wildman–Crippen LogP) is 2.26. The van der Waals surface area contributed by atoms with Gasteiger partial charge in [0.25, 0.3) is 0 Å². The van der Waals surface area contributed by atoms with Crippen molar-refractivity contribution < 1.29 is 9.90 Å². The van der Waals surface area contributed by atoms with E-state index in [9.17, 15) is 9.90 Å². The first kappa shape index (κ1) is 11.0. The van der Waals surface area contributed by atoms with Crippen molar-refractivity contribution in [2.24, 2.45) is 5.73 Å². The zero-order valence-electron chi connectivity index (χ0n) is 9.71. The van der Waals surface area contributed by atoms with Crippen molar-refractivity contribution in [2.45, 2.75) is 12.0 Å². The highest BCUT2D eigenvalue weighted by molar-refractivity contribution is 5.83. The van der Waals surface area contributed by atoms with Crippen molar-refractivity contribution in [3.05, 3.63) is 70.8 Å². The minimum Gasteiger partial charge on any atom is -0.481 e. The molecule has 0 fully saturated rings. The highest BCUT2D eigenvalue weighted by atomic mass is 16.4. The summed E-state index contributed by atoms with van der Waals surface area (Å²) < 4.78 is 0. The molecule has 0 heterocycles. The highest BCUT2D eigenvalue weighted by Crippen LogP contribution is 2.40. The number of carboxylic acid groups (broad SMARTS) is 1. The topological polar surface area (TPSA) is 63.3 Å². The lowest BCUT2D eigenvalue weighted by Crippen LogP contribution is -2.27. The van der Waals surface area contributed by atoms with E-state index in [1.165, 1.54) is 0 Å². The molecule has 90 valence electrons. The molecule has 2 aromatic carbocycles. The van der Waals surface area contributed by atoms with Crippen LogP contribution in [0, 0.1) is 0 Å². The van der Waals surface area contributed by atoms with Crippen molar-refractivity contribution in [3.63, 3.8) is 0 Å². The van der Waals surface area contributed by atoms with E-state index in [0.717, 1.165) is 22.3 Å². The van der Waals surface area contributed by atoms with Crippen LogP contribution in [-0.4, -0.2) is 11.1 Å². The van der Waals surface area contributed by atoms with Crippen molar-refractivity contribution in [3.8, 4) is 0 Å². The first-order chi connectivity index (χ1) is 8.70. The van der Waals surface area contributed by atoms with Gasteiger partial charge in [-0.1, -0.05) is 48.5 Å². The fourth-order valence-corrected chi connectivity index (χ4v) is 2.72. The van der Waals surface area contributed by atoms with Gasteiger partial charge in [0.1, 0.15) is 5.92 Å². The van der Waals surface area contributed by atoms with Crippen LogP contribution < -0.4 is 5.73 Å². The summed E-state index contributed by atoms with van der Waals surface area (Å²) in [4.78, 5) is 11.5. The van der Waals surface area contributed by atoms with E-state index in [1.807, 2.05) is 48.5 Å². The van der Waals surface area contributed by atoms with Gasteiger partial charge in [0, 0.05) is 0 Å². The van der Waals surface area contributed by atoms with Crippen LogP contribution in [-0.2, 0) is 4.79 Å². The fourth-order valence-electron chi connectivity index (χ4n) is 2.72. The number of rotatable bonds is 1. The maximum absolute atomic E-state index is 11.5. The monoisotopic (exact) mass is 239 g/mol. The Labute approximate surface area is 105 Å². The van der Waals surface area contributed by atoms with Crippen LogP contribution in [0.4, 0.5) is 0 Å². The molecule has 0 aliphatic heterocycles. The minimum atomic E-state index is -0.832. The van der Waals surface area contributed by atoms with Crippen LogP contribution in [0.5, 0.6) is 0 Å². The molecule has 0 radical (unpaired) electrons. The largest absolute Gasteiger partial charge is 0.481 e. The summed E-state index contributed by atoms with van der Waals surface area (Å²) in [6.45, 7) is 0. The van der Waals surface area contributed by atoms with E-state index >= 15 is 0 Å². The standard InChI is InChI=1S/C15H13NO2/c16-14-11-7-3-1-5-9(11)13(15(17)18)10-6-2-4-8-12(10)14/h1-8,13-14H,16H2,(H,17,18). The number of nitrogens with two attached hydrogens (primary N) is 1. The number of hydrogen-bond acceptors (Lipinski definition) is 2. The third kappa shape index (κ3) is 1.45. The third-order valence-electron chi connectivity index (χ3n) is 3.53. The maximum atomic E-state index is 11.5. The molecule has 3 nitrogen and oxygen atoms in total. The molecule has 3 N–H and O–H groups in total. The smallest absolute Gasteiger partial charge is 0.315 e. The third-order valence-corrected chi connectivity index (χ3v) is 3.53. The Kier molecular flexibility index (Phi) is 2.42. The molecule has 0 saturated heterocycles. The molecule has 0 unspecified atom stereocenters. The summed E-state index contributed by atoms with van der Waals surface area (Å²) in [6, 6.07) is 14.8. The molecule has 18 heavy (non-hydrogen) atoms. The number of benzene rings is 2. The quantitative estimate of drug-likeness (QED) is 0.802. The average Bonchev–Trinajstić information content (AvgIpc) is 2.39. The second-order valence-electron chi connectivity index (χ2n) is 4.51. The van der Waals surface area contributed by atoms with Gasteiger partial charge in [-0.05, 0) is 22.3 Å². The molecule has 1 aliphatic rings. The molecule has 1 aliphatic carbocycles. The molecule has 0 bridgehead atoms. The van der Waals surface area contributed by atoms with E-state index in [2.05, 4.69) is 0 Å². The van der Waals surface area contributed by atoms with Gasteiger partial charge in [-0.3, -0.25) is 4.79 Å². The maximum Gasteiger partial charge on any atom is 0.315 e. The molecule has 0 saturated carbocycles. The van der Waals surface area contributed by atoms with Gasteiger partial charge in [-0.15, -0.1) is 0 Å². The Hall–Kier alpha value is -2.13. The number of carboxylic acids is 1. The van der Waals surface area contributed by atoms with Crippen molar-refractivity contribution in [1.29, 1.82) is 0 Å². The summed E-state index contributed by atoms with van der Waals surface area (Å²) in [5.74, 6) is -1.45. The molecule has 0 aromatic heterocycles.